The van der Waals surface area contributed by atoms with Crippen LogP contribution in [0.2, 0.25) is 0 Å². The summed E-state index contributed by atoms with van der Waals surface area (Å²) in [6.07, 6.45) is 1.44. The van der Waals surface area contributed by atoms with Gasteiger partial charge in [0, 0.05) is 5.56 Å². The average molecular weight is 216 g/mol. The van der Waals surface area contributed by atoms with Crippen LogP contribution in [-0.4, -0.2) is 22.2 Å². The van der Waals surface area contributed by atoms with Crippen molar-refractivity contribution in [3.8, 4) is 17.0 Å². The highest BCUT2D eigenvalue weighted by atomic mass is 16.5. The first-order valence-corrected chi connectivity index (χ1v) is 4.90. The minimum Gasteiger partial charge on any atom is -0.496 e. The second-order valence-electron chi connectivity index (χ2n) is 3.25. The molecule has 0 amide bonds. The first-order valence-electron chi connectivity index (χ1n) is 4.90. The quantitative estimate of drug-likeness (QED) is 0.847. The van der Waals surface area contributed by atoms with Gasteiger partial charge in [0.25, 0.3) is 0 Å². The maximum atomic E-state index is 9.01. The van der Waals surface area contributed by atoms with Crippen LogP contribution in [0.3, 0.4) is 0 Å². The normalized spacial score (nSPS) is 10.1. The predicted octanol–water partition coefficient (Wildman–Crippen LogP) is 1.64. The molecule has 0 aliphatic rings. The van der Waals surface area contributed by atoms with Crippen molar-refractivity contribution in [1.82, 2.24) is 9.97 Å². The molecule has 0 atom stereocenters. The average Bonchev–Trinajstić information content (AvgIpc) is 2.38. The fourth-order valence-electron chi connectivity index (χ4n) is 1.49. The molecule has 0 radical (unpaired) electrons. The Balaban J connectivity index is 2.49. The molecule has 0 fully saturated rings. The summed E-state index contributed by atoms with van der Waals surface area (Å²) in [6.45, 7) is -0.0926. The number of rotatable bonds is 3. The zero-order chi connectivity index (χ0) is 11.4. The van der Waals surface area contributed by atoms with Crippen LogP contribution >= 0.6 is 0 Å². The molecule has 2 aromatic rings. The Labute approximate surface area is 93.6 Å². The second kappa shape index (κ2) is 4.72. The molecule has 1 aromatic carbocycles. The van der Waals surface area contributed by atoms with Crippen molar-refractivity contribution in [2.24, 2.45) is 0 Å². The van der Waals surface area contributed by atoms with Crippen molar-refractivity contribution in [1.29, 1.82) is 0 Å². The fraction of sp³-hybridized carbons (Fsp3) is 0.167. The summed E-state index contributed by atoms with van der Waals surface area (Å²) in [5, 5.41) is 9.01. The van der Waals surface area contributed by atoms with Crippen LogP contribution in [0, 0.1) is 0 Å². The molecule has 0 bridgehead atoms. The summed E-state index contributed by atoms with van der Waals surface area (Å²) >= 11 is 0. The van der Waals surface area contributed by atoms with E-state index in [2.05, 4.69) is 9.97 Å². The monoisotopic (exact) mass is 216 g/mol. The van der Waals surface area contributed by atoms with Crippen LogP contribution in [0.4, 0.5) is 0 Å². The Morgan fingerprint density at radius 3 is 2.81 bits per heavy atom. The highest BCUT2D eigenvalue weighted by molar-refractivity contribution is 5.66. The van der Waals surface area contributed by atoms with Gasteiger partial charge < -0.3 is 9.84 Å². The molecule has 2 rings (SSSR count). The van der Waals surface area contributed by atoms with Crippen molar-refractivity contribution in [3.63, 3.8) is 0 Å². The van der Waals surface area contributed by atoms with E-state index in [0.717, 1.165) is 17.0 Å². The Bertz CT molecular complexity index is 486. The Kier molecular flexibility index (Phi) is 3.12. The van der Waals surface area contributed by atoms with Gasteiger partial charge in [-0.15, -0.1) is 0 Å². The number of aliphatic hydroxyl groups is 1. The Morgan fingerprint density at radius 2 is 2.06 bits per heavy atom. The van der Waals surface area contributed by atoms with Gasteiger partial charge in [0.05, 0.1) is 25.1 Å². The summed E-state index contributed by atoms with van der Waals surface area (Å²) in [5.74, 6) is 0.755. The van der Waals surface area contributed by atoms with Gasteiger partial charge in [0.15, 0.2) is 0 Å². The zero-order valence-electron chi connectivity index (χ0n) is 8.92. The number of para-hydroxylation sites is 1. The van der Waals surface area contributed by atoms with E-state index in [1.165, 1.54) is 6.33 Å². The fourth-order valence-corrected chi connectivity index (χ4v) is 1.49. The molecule has 1 N–H and O–H groups in total. The van der Waals surface area contributed by atoms with E-state index in [-0.39, 0.29) is 6.61 Å². The summed E-state index contributed by atoms with van der Waals surface area (Å²) in [5.41, 5.74) is 2.23. The van der Waals surface area contributed by atoms with Crippen molar-refractivity contribution >= 4 is 0 Å². The maximum absolute atomic E-state index is 9.01. The van der Waals surface area contributed by atoms with Crippen molar-refractivity contribution in [2.75, 3.05) is 7.11 Å². The van der Waals surface area contributed by atoms with Crippen LogP contribution in [0.15, 0.2) is 36.7 Å². The minimum absolute atomic E-state index is 0.0926. The van der Waals surface area contributed by atoms with E-state index < -0.39 is 0 Å². The smallest absolute Gasteiger partial charge is 0.128 e. The van der Waals surface area contributed by atoms with Crippen molar-refractivity contribution in [3.05, 3.63) is 42.4 Å². The molecule has 0 aliphatic heterocycles. The second-order valence-corrected chi connectivity index (χ2v) is 3.25. The third kappa shape index (κ3) is 2.01. The molecule has 0 unspecified atom stereocenters. The van der Waals surface area contributed by atoms with Crippen LogP contribution in [0.1, 0.15) is 5.69 Å². The lowest BCUT2D eigenvalue weighted by Crippen LogP contribution is -1.94. The van der Waals surface area contributed by atoms with Gasteiger partial charge in [-0.3, -0.25) is 0 Å². The van der Waals surface area contributed by atoms with Crippen LogP contribution in [0.5, 0.6) is 5.75 Å². The van der Waals surface area contributed by atoms with Crippen molar-refractivity contribution in [2.45, 2.75) is 6.61 Å². The summed E-state index contributed by atoms with van der Waals surface area (Å²) in [6, 6.07) is 9.35. The number of nitrogens with zero attached hydrogens (tertiary/aromatic N) is 2. The SMILES string of the molecule is COc1ccccc1-c1cc(CO)ncn1. The third-order valence-corrected chi connectivity index (χ3v) is 2.27. The lowest BCUT2D eigenvalue weighted by atomic mass is 10.1. The Morgan fingerprint density at radius 1 is 1.25 bits per heavy atom. The largest absolute Gasteiger partial charge is 0.496 e. The summed E-state index contributed by atoms with van der Waals surface area (Å²) in [7, 11) is 1.62. The molecule has 0 saturated carbocycles. The molecule has 0 spiro atoms. The molecule has 16 heavy (non-hydrogen) atoms. The van der Waals surface area contributed by atoms with Gasteiger partial charge in [-0.05, 0) is 18.2 Å². The number of aliphatic hydroxyl groups excluding tert-OH is 1. The van der Waals surface area contributed by atoms with E-state index in [1.807, 2.05) is 24.3 Å². The standard InChI is InChI=1S/C12H12N2O2/c1-16-12-5-3-2-4-10(12)11-6-9(7-15)13-8-14-11/h2-6,8,15H,7H2,1H3. The highest BCUT2D eigenvalue weighted by Gasteiger charge is 2.06. The topological polar surface area (TPSA) is 55.2 Å². The number of benzene rings is 1. The van der Waals surface area contributed by atoms with Crippen molar-refractivity contribution < 1.29 is 9.84 Å². The minimum atomic E-state index is -0.0926. The molecular formula is C12H12N2O2. The molecule has 4 nitrogen and oxygen atoms in total. The molecule has 0 saturated heterocycles. The highest BCUT2D eigenvalue weighted by Crippen LogP contribution is 2.27. The molecule has 1 heterocycles. The predicted molar refractivity (Wildman–Crippen MR) is 59.9 cm³/mol. The van der Waals surface area contributed by atoms with E-state index in [4.69, 9.17) is 9.84 Å². The van der Waals surface area contributed by atoms with E-state index >= 15 is 0 Å². The molecule has 0 aliphatic carbocycles. The van der Waals surface area contributed by atoms with Gasteiger partial charge in [-0.25, -0.2) is 9.97 Å². The number of hydrogen-bond donors (Lipinski definition) is 1. The van der Waals surface area contributed by atoms with Gasteiger partial charge in [-0.1, -0.05) is 12.1 Å². The number of hydrogen-bond acceptors (Lipinski definition) is 4. The van der Waals surface area contributed by atoms with Gasteiger partial charge in [-0.2, -0.15) is 0 Å². The molecule has 82 valence electrons. The Hall–Kier alpha value is -1.94. The third-order valence-electron chi connectivity index (χ3n) is 2.27. The van der Waals surface area contributed by atoms with E-state index in [9.17, 15) is 0 Å². The first kappa shape index (κ1) is 10.6. The lowest BCUT2D eigenvalue weighted by molar-refractivity contribution is 0.276. The van der Waals surface area contributed by atoms with Gasteiger partial charge >= 0.3 is 0 Å². The molecule has 1 aromatic heterocycles. The zero-order valence-corrected chi connectivity index (χ0v) is 8.92. The lowest BCUT2D eigenvalue weighted by Gasteiger charge is -2.07. The number of aromatic nitrogens is 2. The van der Waals surface area contributed by atoms with E-state index in [0.29, 0.717) is 5.69 Å². The molecular weight excluding hydrogens is 204 g/mol. The van der Waals surface area contributed by atoms with Crippen LogP contribution in [-0.2, 0) is 6.61 Å². The number of methoxy groups -OCH3 is 1. The first-order chi connectivity index (χ1) is 7.85. The van der Waals surface area contributed by atoms with Gasteiger partial charge in [0.1, 0.15) is 12.1 Å². The molecule has 4 heteroatoms. The van der Waals surface area contributed by atoms with E-state index in [1.54, 1.807) is 13.2 Å². The van der Waals surface area contributed by atoms with Crippen LogP contribution < -0.4 is 4.74 Å². The maximum Gasteiger partial charge on any atom is 0.128 e. The van der Waals surface area contributed by atoms with Crippen LogP contribution in [0.25, 0.3) is 11.3 Å². The summed E-state index contributed by atoms with van der Waals surface area (Å²) in [4.78, 5) is 8.10. The number of ether oxygens (including phenoxy) is 1. The summed E-state index contributed by atoms with van der Waals surface area (Å²) < 4.78 is 5.25. The van der Waals surface area contributed by atoms with Gasteiger partial charge in [0.2, 0.25) is 0 Å².